The smallest absolute Gasteiger partial charge is 0.261 e. The number of thiophene rings is 1. The molecule has 1 aliphatic carbocycles. The molecule has 142 valence electrons. The van der Waals surface area contributed by atoms with Crippen molar-refractivity contribution in [3.8, 4) is 0 Å². The van der Waals surface area contributed by atoms with Crippen molar-refractivity contribution in [1.29, 1.82) is 0 Å². The lowest BCUT2D eigenvalue weighted by atomic mass is 9.96. The van der Waals surface area contributed by atoms with Gasteiger partial charge in [-0.05, 0) is 39.4 Å². The average molecular weight is 377 g/mol. The zero-order valence-corrected chi connectivity index (χ0v) is 16.7. The summed E-state index contributed by atoms with van der Waals surface area (Å²) in [5, 5.41) is 3.74. The number of hydrogen-bond acceptors (Lipinski definition) is 5. The van der Waals surface area contributed by atoms with E-state index in [0.717, 1.165) is 18.4 Å². The van der Waals surface area contributed by atoms with Crippen molar-refractivity contribution >= 4 is 27.5 Å². The van der Waals surface area contributed by atoms with E-state index < -0.39 is 0 Å². The van der Waals surface area contributed by atoms with Crippen molar-refractivity contribution in [3.05, 3.63) is 26.6 Å². The van der Waals surface area contributed by atoms with Crippen molar-refractivity contribution in [2.24, 2.45) is 0 Å². The molecule has 2 aromatic heterocycles. The Kier molecular flexibility index (Phi) is 6.09. The molecule has 2 N–H and O–H groups in total. The Morgan fingerprint density at radius 3 is 2.54 bits per heavy atom. The summed E-state index contributed by atoms with van der Waals surface area (Å²) in [6.07, 6.45) is 8.24. The summed E-state index contributed by atoms with van der Waals surface area (Å²) in [5.74, 6) is 0.561. The molecule has 0 aromatic carbocycles. The van der Waals surface area contributed by atoms with E-state index in [1.54, 1.807) is 0 Å². The number of H-pyrrole nitrogens is 1. The molecule has 0 atom stereocenters. The molecule has 0 bridgehead atoms. The summed E-state index contributed by atoms with van der Waals surface area (Å²) >= 11 is 1.32. The standard InChI is InChI=1S/C19H28N4O2S/c1-12-15-17(24)21-14(11-23(2)3)22-19(15)26-16(12)18(25)20-13-9-7-5-4-6-8-10-13/h13H,4-11H2,1-3H3,(H,20,25)(H,21,22,24). The molecule has 0 spiro atoms. The highest BCUT2D eigenvalue weighted by Gasteiger charge is 2.22. The average Bonchev–Trinajstić information content (AvgIpc) is 2.86. The summed E-state index contributed by atoms with van der Waals surface area (Å²) in [4.78, 5) is 35.9. The minimum Gasteiger partial charge on any atom is -0.349 e. The van der Waals surface area contributed by atoms with Gasteiger partial charge in [0.05, 0.1) is 16.8 Å². The second-order valence-corrected chi connectivity index (χ2v) is 8.50. The predicted octanol–water partition coefficient (Wildman–Crippen LogP) is 3.20. The first-order chi connectivity index (χ1) is 12.5. The molecule has 3 rings (SSSR count). The van der Waals surface area contributed by atoms with Crippen LogP contribution in [0.5, 0.6) is 0 Å². The largest absolute Gasteiger partial charge is 0.349 e. The number of nitrogens with one attached hydrogen (secondary N) is 2. The Hall–Kier alpha value is -1.73. The Labute approximate surface area is 158 Å². The van der Waals surface area contributed by atoms with Gasteiger partial charge in [-0.3, -0.25) is 9.59 Å². The second-order valence-electron chi connectivity index (χ2n) is 7.50. The molecule has 2 heterocycles. The highest BCUT2D eigenvalue weighted by Crippen LogP contribution is 2.27. The Morgan fingerprint density at radius 2 is 1.88 bits per heavy atom. The summed E-state index contributed by atoms with van der Waals surface area (Å²) in [7, 11) is 3.86. The first-order valence-corrected chi connectivity index (χ1v) is 10.2. The van der Waals surface area contributed by atoms with Gasteiger partial charge in [0.2, 0.25) is 0 Å². The number of rotatable bonds is 4. The molecule has 0 unspecified atom stereocenters. The van der Waals surface area contributed by atoms with Crippen LogP contribution in [-0.2, 0) is 6.54 Å². The molecule has 0 radical (unpaired) electrons. The van der Waals surface area contributed by atoms with Gasteiger partial charge >= 0.3 is 0 Å². The van der Waals surface area contributed by atoms with Crippen LogP contribution < -0.4 is 10.9 Å². The van der Waals surface area contributed by atoms with E-state index in [2.05, 4.69) is 15.3 Å². The van der Waals surface area contributed by atoms with E-state index in [9.17, 15) is 9.59 Å². The zero-order chi connectivity index (χ0) is 18.7. The van der Waals surface area contributed by atoms with Gasteiger partial charge in [0.1, 0.15) is 10.7 Å². The van der Waals surface area contributed by atoms with E-state index >= 15 is 0 Å². The van der Waals surface area contributed by atoms with Crippen LogP contribution in [0.1, 0.15) is 66.0 Å². The van der Waals surface area contributed by atoms with Crippen LogP contribution >= 0.6 is 11.3 Å². The third-order valence-electron chi connectivity index (χ3n) is 4.96. The fraction of sp³-hybridized carbons (Fsp3) is 0.632. The van der Waals surface area contributed by atoms with Crippen LogP contribution in [0.3, 0.4) is 0 Å². The summed E-state index contributed by atoms with van der Waals surface area (Å²) in [6.45, 7) is 2.40. The number of hydrogen-bond donors (Lipinski definition) is 2. The number of amides is 1. The molecule has 26 heavy (non-hydrogen) atoms. The Balaban J connectivity index is 1.84. The first kappa shape index (κ1) is 19.0. The van der Waals surface area contributed by atoms with Gasteiger partial charge in [-0.15, -0.1) is 11.3 Å². The topological polar surface area (TPSA) is 78.1 Å². The fourth-order valence-corrected chi connectivity index (χ4v) is 4.73. The fourth-order valence-electron chi connectivity index (χ4n) is 3.63. The van der Waals surface area contributed by atoms with Crippen LogP contribution in [-0.4, -0.2) is 40.9 Å². The van der Waals surface area contributed by atoms with Gasteiger partial charge in [-0.1, -0.05) is 32.1 Å². The van der Waals surface area contributed by atoms with Gasteiger partial charge in [0.15, 0.2) is 0 Å². The minimum absolute atomic E-state index is 0.0652. The monoisotopic (exact) mass is 376 g/mol. The number of aromatic nitrogens is 2. The van der Waals surface area contributed by atoms with Gasteiger partial charge in [0.25, 0.3) is 11.5 Å². The number of aryl methyl sites for hydroxylation is 1. The maximum atomic E-state index is 12.8. The van der Waals surface area contributed by atoms with Gasteiger partial charge in [-0.2, -0.15) is 0 Å². The molecule has 0 aliphatic heterocycles. The second kappa shape index (κ2) is 8.31. The van der Waals surface area contributed by atoms with Crippen molar-refractivity contribution in [2.75, 3.05) is 14.1 Å². The van der Waals surface area contributed by atoms with Crippen molar-refractivity contribution in [3.63, 3.8) is 0 Å². The maximum absolute atomic E-state index is 12.8. The lowest BCUT2D eigenvalue weighted by molar-refractivity contribution is 0.0934. The maximum Gasteiger partial charge on any atom is 0.261 e. The summed E-state index contributed by atoms with van der Waals surface area (Å²) < 4.78 is 0. The van der Waals surface area contributed by atoms with Crippen LogP contribution in [0.15, 0.2) is 4.79 Å². The quantitative estimate of drug-likeness (QED) is 0.859. The summed E-state index contributed by atoms with van der Waals surface area (Å²) in [5.41, 5.74) is 0.573. The van der Waals surface area contributed by atoms with Crippen LogP contribution in [0, 0.1) is 6.92 Å². The molecule has 1 fully saturated rings. The van der Waals surface area contributed by atoms with Gasteiger partial charge < -0.3 is 15.2 Å². The predicted molar refractivity (Wildman–Crippen MR) is 106 cm³/mol. The van der Waals surface area contributed by atoms with Crippen LogP contribution in [0.2, 0.25) is 0 Å². The third-order valence-corrected chi connectivity index (χ3v) is 6.15. The SMILES string of the molecule is Cc1c(C(=O)NC2CCCCCCC2)sc2nc(CN(C)C)[nH]c(=O)c12. The Bertz CT molecular complexity index is 832. The van der Waals surface area contributed by atoms with Crippen molar-refractivity contribution in [1.82, 2.24) is 20.2 Å². The van der Waals surface area contributed by atoms with Crippen LogP contribution in [0.4, 0.5) is 0 Å². The Morgan fingerprint density at radius 1 is 1.23 bits per heavy atom. The van der Waals surface area contributed by atoms with Gasteiger partial charge in [-0.25, -0.2) is 4.98 Å². The molecular formula is C19H28N4O2S. The van der Waals surface area contributed by atoms with Crippen molar-refractivity contribution in [2.45, 2.75) is 64.5 Å². The molecule has 2 aromatic rings. The molecule has 1 aliphatic rings. The zero-order valence-electron chi connectivity index (χ0n) is 15.9. The highest BCUT2D eigenvalue weighted by molar-refractivity contribution is 7.20. The lowest BCUT2D eigenvalue weighted by Crippen LogP contribution is -2.35. The van der Waals surface area contributed by atoms with E-state index in [0.29, 0.717) is 27.5 Å². The third kappa shape index (κ3) is 4.32. The molecule has 6 nitrogen and oxygen atoms in total. The molecule has 0 saturated heterocycles. The highest BCUT2D eigenvalue weighted by atomic mass is 32.1. The van der Waals surface area contributed by atoms with Gasteiger partial charge in [0, 0.05) is 6.04 Å². The first-order valence-electron chi connectivity index (χ1n) is 9.43. The van der Waals surface area contributed by atoms with Crippen LogP contribution in [0.25, 0.3) is 10.2 Å². The number of carbonyl (C=O) groups excluding carboxylic acids is 1. The molecule has 1 amide bonds. The normalized spacial score (nSPS) is 16.6. The molecule has 1 saturated carbocycles. The van der Waals surface area contributed by atoms with Crippen molar-refractivity contribution < 1.29 is 4.79 Å². The van der Waals surface area contributed by atoms with E-state index in [-0.39, 0.29) is 17.5 Å². The number of aromatic amines is 1. The van der Waals surface area contributed by atoms with E-state index in [1.807, 2.05) is 25.9 Å². The number of carbonyl (C=O) groups is 1. The molecule has 7 heteroatoms. The molecular weight excluding hydrogens is 348 g/mol. The minimum atomic E-state index is -0.161. The number of fused-ring (bicyclic) bond motifs is 1. The number of nitrogens with zero attached hydrogens (tertiary/aromatic N) is 2. The summed E-state index contributed by atoms with van der Waals surface area (Å²) in [6, 6.07) is 0.239. The van der Waals surface area contributed by atoms with E-state index in [1.165, 1.54) is 43.4 Å². The lowest BCUT2D eigenvalue weighted by Gasteiger charge is -2.20. The van der Waals surface area contributed by atoms with E-state index in [4.69, 9.17) is 0 Å².